The molecule has 3 aromatic heterocycles. The molecule has 10 nitrogen and oxygen atoms in total. The number of rotatable bonds is 22. The van der Waals surface area contributed by atoms with Gasteiger partial charge in [0, 0.05) is 64.2 Å². The van der Waals surface area contributed by atoms with Crippen LogP contribution >= 0.6 is 0 Å². The largest absolute Gasteiger partial charge is 0.485 e. The zero-order valence-electron chi connectivity index (χ0n) is 48.7. The fourth-order valence-corrected chi connectivity index (χ4v) is 12.1. The molecule has 10 rings (SSSR count). The van der Waals surface area contributed by atoms with Crippen molar-refractivity contribution in [2.75, 3.05) is 29.5 Å². The number of nitrogens with zero attached hydrogens (tertiary/aromatic N) is 4. The number of benzene rings is 6. The number of aliphatic imine (C=N–C) groups is 1. The van der Waals surface area contributed by atoms with Crippen molar-refractivity contribution in [3.63, 3.8) is 0 Å². The van der Waals surface area contributed by atoms with E-state index in [1.165, 1.54) is 109 Å². The Hall–Kier alpha value is -7.72. The lowest BCUT2D eigenvalue weighted by Gasteiger charge is -2.29. The zero-order valence-corrected chi connectivity index (χ0v) is 48.7. The molecule has 80 heavy (non-hydrogen) atoms. The molecule has 10 heteroatoms. The summed E-state index contributed by atoms with van der Waals surface area (Å²) >= 11 is 0. The van der Waals surface area contributed by atoms with Crippen LogP contribution in [0.3, 0.4) is 0 Å². The van der Waals surface area contributed by atoms with E-state index in [1.807, 2.05) is 66.7 Å². The molecule has 0 amide bonds. The quantitative estimate of drug-likeness (QED) is 0.0483. The number of oxazole rings is 1. The van der Waals surface area contributed by atoms with Crippen molar-refractivity contribution in [3.8, 4) is 17.2 Å². The highest BCUT2D eigenvalue weighted by molar-refractivity contribution is 6.06. The first-order valence-electron chi connectivity index (χ1n) is 29.2. The van der Waals surface area contributed by atoms with Gasteiger partial charge in [0.1, 0.15) is 40.3 Å². The molecule has 414 valence electrons. The fourth-order valence-electron chi connectivity index (χ4n) is 12.1. The average molecular weight is 1070 g/mol. The first kappa shape index (κ1) is 55.6. The predicted molar refractivity (Wildman–Crippen MR) is 330 cm³/mol. The molecule has 0 aliphatic carbocycles. The van der Waals surface area contributed by atoms with Crippen LogP contribution in [0.25, 0.3) is 44.5 Å². The van der Waals surface area contributed by atoms with Crippen molar-refractivity contribution in [3.05, 3.63) is 180 Å². The highest BCUT2D eigenvalue weighted by Crippen LogP contribution is 2.42. The first-order chi connectivity index (χ1) is 38.6. The van der Waals surface area contributed by atoms with E-state index in [-0.39, 0.29) is 18.1 Å². The first-order valence-corrected chi connectivity index (χ1v) is 29.2. The Balaban J connectivity index is 0.889. The Morgan fingerprint density at radius 2 is 0.988 bits per heavy atom. The van der Waals surface area contributed by atoms with Gasteiger partial charge >= 0.3 is 11.3 Å². The van der Waals surface area contributed by atoms with E-state index in [0.29, 0.717) is 45.0 Å². The Bertz CT molecular complexity index is 3850. The lowest BCUT2D eigenvalue weighted by Crippen LogP contribution is -2.24. The van der Waals surface area contributed by atoms with Crippen molar-refractivity contribution in [2.45, 2.75) is 152 Å². The summed E-state index contributed by atoms with van der Waals surface area (Å²) in [4.78, 5) is 42.5. The minimum Gasteiger partial charge on any atom is -0.485 e. The van der Waals surface area contributed by atoms with Crippen molar-refractivity contribution in [2.24, 2.45) is 4.99 Å². The lowest BCUT2D eigenvalue weighted by molar-refractivity contribution is 0.372. The summed E-state index contributed by atoms with van der Waals surface area (Å²) in [5, 5.41) is 1.60. The van der Waals surface area contributed by atoms with Gasteiger partial charge in [0.25, 0.3) is 0 Å². The summed E-state index contributed by atoms with van der Waals surface area (Å²) < 4.78 is 24.8. The molecule has 0 saturated carbocycles. The van der Waals surface area contributed by atoms with Crippen LogP contribution in [0.1, 0.15) is 155 Å². The second-order valence-electron chi connectivity index (χ2n) is 23.0. The fraction of sp³-hybridized carbons (Fsp3) is 0.371. The third kappa shape index (κ3) is 11.8. The minimum atomic E-state index is -0.522. The van der Waals surface area contributed by atoms with Crippen LogP contribution in [0, 0.1) is 41.5 Å². The summed E-state index contributed by atoms with van der Waals surface area (Å²) in [7, 11) is 0. The van der Waals surface area contributed by atoms with Crippen LogP contribution in [-0.2, 0) is 5.41 Å². The smallest absolute Gasteiger partial charge is 0.349 e. The standard InChI is InChI=1S/C70H78N4O6/c1-11-13-15-17-19-21-31-73(65-46(5)33-44(3)34-47(65)6)54-27-23-50-37-56(68(75)79-63(50)41-54)60-43-77-61-29-25-52(39-58(61)71-60)70(9,10)53-26-30-62-59(40-53)72-67(78-62)57-38-51-24-28-55(42-64(51)80-69(57)76)74(32-22-20-18-16-14-12-2)66-48(7)35-45(4)36-49(66)8/h23-30,33-42H,11-22,31-32,43H2,1-10H3. The van der Waals surface area contributed by atoms with Gasteiger partial charge < -0.3 is 27.8 Å². The maximum atomic E-state index is 13.9. The Morgan fingerprint density at radius 1 is 0.500 bits per heavy atom. The van der Waals surface area contributed by atoms with Gasteiger partial charge in [-0.15, -0.1) is 0 Å². The summed E-state index contributed by atoms with van der Waals surface area (Å²) in [6.07, 6.45) is 14.5. The summed E-state index contributed by atoms with van der Waals surface area (Å²) in [6, 6.07) is 37.0. The number of anilines is 4. The van der Waals surface area contributed by atoms with Gasteiger partial charge in [0.2, 0.25) is 5.89 Å². The molecular weight excluding hydrogens is 993 g/mol. The van der Waals surface area contributed by atoms with Crippen LogP contribution < -0.4 is 25.8 Å². The molecule has 0 saturated heterocycles. The van der Waals surface area contributed by atoms with Crippen LogP contribution in [-0.4, -0.2) is 30.4 Å². The number of aryl methyl sites for hydroxylation is 6. The number of ether oxygens (including phenoxy) is 1. The molecule has 9 aromatic rings. The van der Waals surface area contributed by atoms with E-state index in [9.17, 15) is 9.59 Å². The van der Waals surface area contributed by atoms with Gasteiger partial charge in [-0.1, -0.05) is 139 Å². The zero-order chi connectivity index (χ0) is 56.2. The van der Waals surface area contributed by atoms with E-state index in [2.05, 4.69) is 122 Å². The SMILES string of the molecule is CCCCCCCCN(c1ccc2cc(C3=Nc4cc(C(C)(C)c5ccc6oc(-c7cc8ccc(N(CCCCCCCC)c9c(C)cc(C)cc9C)cc8oc7=O)nc6c5)ccc4OC3)c(=O)oc2c1)c1c(C)cc(C)cc1C. The van der Waals surface area contributed by atoms with Crippen molar-refractivity contribution >= 4 is 67.2 Å². The lowest BCUT2D eigenvalue weighted by atomic mass is 9.78. The monoisotopic (exact) mass is 1070 g/mol. The number of fused-ring (bicyclic) bond motifs is 4. The predicted octanol–water partition coefficient (Wildman–Crippen LogP) is 18.4. The van der Waals surface area contributed by atoms with Crippen molar-refractivity contribution in [1.29, 1.82) is 0 Å². The number of hydrogen-bond donors (Lipinski definition) is 0. The van der Waals surface area contributed by atoms with Gasteiger partial charge in [-0.25, -0.2) is 19.6 Å². The van der Waals surface area contributed by atoms with Gasteiger partial charge in [0.05, 0.1) is 11.3 Å². The van der Waals surface area contributed by atoms with Crippen LogP contribution in [0.15, 0.2) is 137 Å². The highest BCUT2D eigenvalue weighted by atomic mass is 16.5. The van der Waals surface area contributed by atoms with E-state index in [4.69, 9.17) is 28.0 Å². The molecule has 0 N–H and O–H groups in total. The highest BCUT2D eigenvalue weighted by Gasteiger charge is 2.28. The van der Waals surface area contributed by atoms with Gasteiger partial charge in [-0.2, -0.15) is 0 Å². The van der Waals surface area contributed by atoms with E-state index in [0.717, 1.165) is 59.2 Å². The molecule has 0 atom stereocenters. The molecule has 0 radical (unpaired) electrons. The molecule has 0 spiro atoms. The van der Waals surface area contributed by atoms with Gasteiger partial charge in [-0.3, -0.25) is 0 Å². The topological polar surface area (TPSA) is 115 Å². The number of hydrogen-bond acceptors (Lipinski definition) is 10. The van der Waals surface area contributed by atoms with E-state index >= 15 is 0 Å². The second kappa shape index (κ2) is 23.9. The average Bonchev–Trinajstić information content (AvgIpc) is 3.88. The maximum Gasteiger partial charge on any atom is 0.349 e. The third-order valence-corrected chi connectivity index (χ3v) is 16.3. The molecule has 0 unspecified atom stereocenters. The Kier molecular flexibility index (Phi) is 16.6. The third-order valence-electron chi connectivity index (χ3n) is 16.3. The summed E-state index contributed by atoms with van der Waals surface area (Å²) in [6.45, 7) is 23.7. The van der Waals surface area contributed by atoms with Gasteiger partial charge in [0.15, 0.2) is 5.58 Å². The molecule has 1 aliphatic rings. The summed E-state index contributed by atoms with van der Waals surface area (Å²) in [5.41, 5.74) is 16.3. The number of unbranched alkanes of at least 4 members (excludes halogenated alkanes) is 10. The van der Waals surface area contributed by atoms with E-state index in [1.54, 1.807) is 0 Å². The van der Waals surface area contributed by atoms with Crippen molar-refractivity contribution in [1.82, 2.24) is 4.98 Å². The molecule has 0 fully saturated rings. The Morgan fingerprint density at radius 3 is 1.54 bits per heavy atom. The summed E-state index contributed by atoms with van der Waals surface area (Å²) in [5.74, 6) is 0.842. The van der Waals surface area contributed by atoms with Crippen LogP contribution in [0.4, 0.5) is 28.4 Å². The van der Waals surface area contributed by atoms with Gasteiger partial charge in [-0.05, 0) is 148 Å². The Labute approximate surface area is 471 Å². The normalized spacial score (nSPS) is 12.6. The number of aromatic nitrogens is 1. The molecule has 1 aliphatic heterocycles. The molecule has 4 heterocycles. The maximum absolute atomic E-state index is 13.9. The van der Waals surface area contributed by atoms with Crippen LogP contribution in [0.2, 0.25) is 0 Å². The van der Waals surface area contributed by atoms with Crippen molar-refractivity contribution < 1.29 is 18.0 Å². The molecule has 6 aromatic carbocycles. The second-order valence-corrected chi connectivity index (χ2v) is 23.0. The molecule has 0 bridgehead atoms. The molecular formula is C70H78N4O6. The van der Waals surface area contributed by atoms with Crippen LogP contribution in [0.5, 0.6) is 5.75 Å². The minimum absolute atomic E-state index is 0.134. The van der Waals surface area contributed by atoms with E-state index < -0.39 is 16.7 Å².